The van der Waals surface area contributed by atoms with Gasteiger partial charge in [0.05, 0.1) is 10.7 Å². The maximum absolute atomic E-state index is 6.31. The first-order valence-corrected chi connectivity index (χ1v) is 6.97. The number of rotatable bonds is 1. The van der Waals surface area contributed by atoms with Gasteiger partial charge in [0.25, 0.3) is 0 Å². The van der Waals surface area contributed by atoms with Crippen molar-refractivity contribution in [3.05, 3.63) is 64.4 Å². The summed E-state index contributed by atoms with van der Waals surface area (Å²) < 4.78 is 0. The first kappa shape index (κ1) is 13.1. The molecule has 1 aromatic heterocycles. The molecule has 0 radical (unpaired) electrons. The number of amidine groups is 1. The van der Waals surface area contributed by atoms with Crippen molar-refractivity contribution in [1.82, 2.24) is 9.88 Å². The normalized spacial score (nSPS) is 17.4. The number of aliphatic imine (C=N–C) groups is 1. The molecule has 0 saturated carbocycles. The van der Waals surface area contributed by atoms with Crippen molar-refractivity contribution in [3.63, 3.8) is 0 Å². The minimum Gasteiger partial charge on any atom is -0.366 e. The van der Waals surface area contributed by atoms with Crippen molar-refractivity contribution in [2.24, 2.45) is 4.99 Å². The molecule has 3 nitrogen and oxygen atoms in total. The van der Waals surface area contributed by atoms with Crippen LogP contribution in [0.25, 0.3) is 0 Å². The molecule has 1 aliphatic rings. The molecule has 1 aliphatic heterocycles. The lowest BCUT2D eigenvalue weighted by Gasteiger charge is -2.27. The van der Waals surface area contributed by atoms with E-state index in [1.807, 2.05) is 32.3 Å². The molecule has 1 unspecified atom stereocenters. The molecule has 2 aromatic rings. The fourth-order valence-corrected chi connectivity index (χ4v) is 2.70. The fourth-order valence-electron chi connectivity index (χ4n) is 2.48. The number of aromatic nitrogens is 1. The van der Waals surface area contributed by atoms with E-state index in [0.29, 0.717) is 5.02 Å². The van der Waals surface area contributed by atoms with Crippen LogP contribution in [-0.2, 0) is 6.42 Å². The van der Waals surface area contributed by atoms with Crippen LogP contribution in [0.5, 0.6) is 0 Å². The molecule has 0 saturated heterocycles. The van der Waals surface area contributed by atoms with Crippen molar-refractivity contribution in [3.8, 4) is 0 Å². The van der Waals surface area contributed by atoms with Gasteiger partial charge >= 0.3 is 0 Å². The summed E-state index contributed by atoms with van der Waals surface area (Å²) >= 11 is 6.31. The molecule has 3 rings (SSSR count). The Morgan fingerprint density at radius 1 is 1.15 bits per heavy atom. The van der Waals surface area contributed by atoms with Crippen LogP contribution in [0.1, 0.15) is 22.9 Å². The molecule has 20 heavy (non-hydrogen) atoms. The molecule has 1 atom stereocenters. The average molecular weight is 286 g/mol. The molecule has 0 fully saturated rings. The number of pyridine rings is 1. The molecule has 0 spiro atoms. The smallest absolute Gasteiger partial charge is 0.121 e. The van der Waals surface area contributed by atoms with Crippen LogP contribution in [0, 0.1) is 0 Å². The predicted octanol–water partition coefficient (Wildman–Crippen LogP) is 3.34. The van der Waals surface area contributed by atoms with Crippen molar-refractivity contribution < 1.29 is 0 Å². The largest absolute Gasteiger partial charge is 0.366 e. The molecule has 1 aromatic carbocycles. The second-order valence-electron chi connectivity index (χ2n) is 5.09. The topological polar surface area (TPSA) is 28.5 Å². The minimum atomic E-state index is -0.119. The van der Waals surface area contributed by atoms with E-state index < -0.39 is 0 Å². The second kappa shape index (κ2) is 5.25. The van der Waals surface area contributed by atoms with Gasteiger partial charge in [0.15, 0.2) is 0 Å². The van der Waals surface area contributed by atoms with Crippen LogP contribution in [-0.4, -0.2) is 29.8 Å². The molecule has 102 valence electrons. The minimum absolute atomic E-state index is 0.119. The SMILES string of the molecule is CN(C)C1=NC(c2ncccc2Cl)c2ccccc2C1. The summed E-state index contributed by atoms with van der Waals surface area (Å²) in [6.07, 6.45) is 2.62. The van der Waals surface area contributed by atoms with Crippen molar-refractivity contribution in [2.75, 3.05) is 14.1 Å². The zero-order valence-electron chi connectivity index (χ0n) is 11.5. The first-order chi connectivity index (χ1) is 9.66. The molecule has 0 amide bonds. The van der Waals surface area contributed by atoms with Crippen LogP contribution < -0.4 is 0 Å². The monoisotopic (exact) mass is 285 g/mol. The summed E-state index contributed by atoms with van der Waals surface area (Å²) in [5.41, 5.74) is 3.30. The Balaban J connectivity index is 2.15. The van der Waals surface area contributed by atoms with E-state index in [9.17, 15) is 0 Å². The number of hydrogen-bond donors (Lipinski definition) is 0. The van der Waals surface area contributed by atoms with Gasteiger partial charge in [-0.15, -0.1) is 0 Å². The number of halogens is 1. The van der Waals surface area contributed by atoms with Gasteiger partial charge in [-0.1, -0.05) is 35.9 Å². The van der Waals surface area contributed by atoms with Crippen molar-refractivity contribution >= 4 is 17.4 Å². The molecule has 2 heterocycles. The number of fused-ring (bicyclic) bond motifs is 1. The lowest BCUT2D eigenvalue weighted by atomic mass is 9.93. The Labute approximate surface area is 123 Å². The summed E-state index contributed by atoms with van der Waals surface area (Å²) in [5, 5.41) is 0.663. The zero-order chi connectivity index (χ0) is 14.1. The lowest BCUT2D eigenvalue weighted by molar-refractivity contribution is 0.590. The Bertz CT molecular complexity index is 664. The van der Waals surface area contributed by atoms with Crippen LogP contribution >= 0.6 is 11.6 Å². The molecule has 0 bridgehead atoms. The summed E-state index contributed by atoms with van der Waals surface area (Å²) in [6, 6.07) is 12.0. The number of benzene rings is 1. The van der Waals surface area contributed by atoms with Gasteiger partial charge in [-0.25, -0.2) is 0 Å². The Morgan fingerprint density at radius 3 is 2.70 bits per heavy atom. The van der Waals surface area contributed by atoms with Gasteiger partial charge in [-0.05, 0) is 23.3 Å². The highest BCUT2D eigenvalue weighted by molar-refractivity contribution is 6.31. The Morgan fingerprint density at radius 2 is 1.95 bits per heavy atom. The predicted molar refractivity (Wildman–Crippen MR) is 82.4 cm³/mol. The van der Waals surface area contributed by atoms with Crippen LogP contribution in [0.2, 0.25) is 5.02 Å². The Kier molecular flexibility index (Phi) is 3.45. The molecular weight excluding hydrogens is 270 g/mol. The van der Waals surface area contributed by atoms with Crippen LogP contribution in [0.4, 0.5) is 0 Å². The van der Waals surface area contributed by atoms with E-state index in [2.05, 4.69) is 28.1 Å². The third-order valence-electron chi connectivity index (χ3n) is 3.54. The van der Waals surface area contributed by atoms with Crippen LogP contribution in [0.15, 0.2) is 47.6 Å². The molecule has 0 aliphatic carbocycles. The Hall–Kier alpha value is -1.87. The molecule has 0 N–H and O–H groups in total. The highest BCUT2D eigenvalue weighted by Gasteiger charge is 2.25. The third-order valence-corrected chi connectivity index (χ3v) is 3.86. The van der Waals surface area contributed by atoms with Gasteiger partial charge in [0.1, 0.15) is 11.9 Å². The summed E-state index contributed by atoms with van der Waals surface area (Å²) in [7, 11) is 4.04. The summed E-state index contributed by atoms with van der Waals surface area (Å²) in [5.74, 6) is 1.05. The van der Waals surface area contributed by atoms with E-state index in [1.165, 1.54) is 11.1 Å². The molecule has 4 heteroatoms. The maximum atomic E-state index is 6.31. The van der Waals surface area contributed by atoms with Gasteiger partial charge in [-0.2, -0.15) is 0 Å². The highest BCUT2D eigenvalue weighted by atomic mass is 35.5. The van der Waals surface area contributed by atoms with Crippen molar-refractivity contribution in [2.45, 2.75) is 12.5 Å². The number of likely N-dealkylation sites (N-methyl/N-ethyl adjacent to an activating group) is 1. The first-order valence-electron chi connectivity index (χ1n) is 6.59. The highest BCUT2D eigenvalue weighted by Crippen LogP contribution is 2.35. The van der Waals surface area contributed by atoms with Gasteiger partial charge in [0.2, 0.25) is 0 Å². The zero-order valence-corrected chi connectivity index (χ0v) is 12.3. The van der Waals surface area contributed by atoms with Gasteiger partial charge in [0, 0.05) is 26.7 Å². The van der Waals surface area contributed by atoms with E-state index in [0.717, 1.165) is 18.0 Å². The lowest BCUT2D eigenvalue weighted by Crippen LogP contribution is -2.29. The third kappa shape index (κ3) is 2.29. The van der Waals surface area contributed by atoms with Crippen molar-refractivity contribution in [1.29, 1.82) is 0 Å². The average Bonchev–Trinajstić information content (AvgIpc) is 2.46. The fraction of sp³-hybridized carbons (Fsp3) is 0.250. The summed E-state index contributed by atoms with van der Waals surface area (Å²) in [6.45, 7) is 0. The quantitative estimate of drug-likeness (QED) is 0.804. The van der Waals surface area contributed by atoms with E-state index >= 15 is 0 Å². The number of nitrogens with zero attached hydrogens (tertiary/aromatic N) is 3. The maximum Gasteiger partial charge on any atom is 0.121 e. The van der Waals surface area contributed by atoms with E-state index in [-0.39, 0.29) is 6.04 Å². The van der Waals surface area contributed by atoms with Gasteiger partial charge < -0.3 is 4.90 Å². The van der Waals surface area contributed by atoms with E-state index in [4.69, 9.17) is 16.6 Å². The van der Waals surface area contributed by atoms with E-state index in [1.54, 1.807) is 6.20 Å². The van der Waals surface area contributed by atoms with Gasteiger partial charge in [-0.3, -0.25) is 9.98 Å². The number of hydrogen-bond acceptors (Lipinski definition) is 3. The second-order valence-corrected chi connectivity index (χ2v) is 5.50. The van der Waals surface area contributed by atoms with Crippen LogP contribution in [0.3, 0.4) is 0 Å². The summed E-state index contributed by atoms with van der Waals surface area (Å²) in [4.78, 5) is 11.3. The standard InChI is InChI=1S/C16H16ClN3/c1-20(2)14-10-11-6-3-4-7-12(11)15(19-14)16-13(17)8-5-9-18-16/h3-9,15H,10H2,1-2H3. The molecular formula is C16H16ClN3.